The molecule has 0 aliphatic heterocycles. The van der Waals surface area contributed by atoms with E-state index in [1.54, 1.807) is 14.2 Å². The van der Waals surface area contributed by atoms with Gasteiger partial charge < -0.3 is 14.4 Å². The van der Waals surface area contributed by atoms with E-state index in [2.05, 4.69) is 54.4 Å². The van der Waals surface area contributed by atoms with Gasteiger partial charge in [0.05, 0.1) is 14.2 Å². The first-order valence-corrected chi connectivity index (χ1v) is 9.67. The third kappa shape index (κ3) is 4.59. The highest BCUT2D eigenvalue weighted by atomic mass is 16.5. The molecule has 0 atom stereocenters. The predicted molar refractivity (Wildman–Crippen MR) is 107 cm³/mol. The van der Waals surface area contributed by atoms with E-state index >= 15 is 0 Å². The fraction of sp³-hybridized carbons (Fsp3) is 0.478. The molecule has 0 amide bonds. The molecule has 2 aromatic rings. The summed E-state index contributed by atoms with van der Waals surface area (Å²) in [7, 11) is 5.64. The number of hydrogen-bond donors (Lipinski definition) is 0. The summed E-state index contributed by atoms with van der Waals surface area (Å²) in [6, 6.07) is 17.9. The van der Waals surface area contributed by atoms with Crippen molar-refractivity contribution in [2.75, 3.05) is 27.8 Å². The third-order valence-corrected chi connectivity index (χ3v) is 5.79. The first kappa shape index (κ1) is 18.8. The van der Waals surface area contributed by atoms with Crippen LogP contribution in [0.3, 0.4) is 0 Å². The molecule has 3 heteroatoms. The van der Waals surface area contributed by atoms with Gasteiger partial charge >= 0.3 is 0 Å². The molecule has 0 saturated heterocycles. The van der Waals surface area contributed by atoms with Crippen LogP contribution in [0, 0.1) is 0 Å². The normalized spacial score (nSPS) is 20.2. The van der Waals surface area contributed by atoms with Crippen LogP contribution < -0.4 is 9.47 Å². The molecule has 0 radical (unpaired) electrons. The van der Waals surface area contributed by atoms with E-state index in [0.29, 0.717) is 6.04 Å². The van der Waals surface area contributed by atoms with Gasteiger partial charge in [0, 0.05) is 12.6 Å². The van der Waals surface area contributed by atoms with Crippen LogP contribution in [0.15, 0.2) is 48.5 Å². The van der Waals surface area contributed by atoms with Gasteiger partial charge in [0.2, 0.25) is 0 Å². The Bertz CT molecular complexity index is 678. The van der Waals surface area contributed by atoms with Crippen molar-refractivity contribution in [3.63, 3.8) is 0 Å². The summed E-state index contributed by atoms with van der Waals surface area (Å²) in [6.45, 7) is 1.08. The maximum Gasteiger partial charge on any atom is 0.160 e. The number of hydrogen-bond acceptors (Lipinski definition) is 3. The van der Waals surface area contributed by atoms with Crippen molar-refractivity contribution < 1.29 is 9.47 Å². The Kier molecular flexibility index (Phi) is 6.56. The van der Waals surface area contributed by atoms with Crippen molar-refractivity contribution in [2.45, 2.75) is 44.1 Å². The molecule has 0 spiro atoms. The first-order valence-electron chi connectivity index (χ1n) is 9.67. The fourth-order valence-electron chi connectivity index (χ4n) is 4.10. The van der Waals surface area contributed by atoms with E-state index in [1.807, 2.05) is 6.07 Å². The minimum atomic E-state index is 0.704. The highest BCUT2D eigenvalue weighted by Gasteiger charge is 2.24. The molecule has 3 rings (SSSR count). The van der Waals surface area contributed by atoms with Crippen molar-refractivity contribution in [1.82, 2.24) is 4.90 Å². The van der Waals surface area contributed by atoms with Crippen LogP contribution in [0.25, 0.3) is 0 Å². The average Bonchev–Trinajstić information content (AvgIpc) is 2.72. The molecule has 0 heterocycles. The number of nitrogens with zero attached hydrogens (tertiary/aromatic N) is 1. The zero-order valence-electron chi connectivity index (χ0n) is 16.3. The van der Waals surface area contributed by atoms with Gasteiger partial charge in [-0.3, -0.25) is 0 Å². The van der Waals surface area contributed by atoms with Crippen LogP contribution in [0.2, 0.25) is 0 Å². The summed E-state index contributed by atoms with van der Waals surface area (Å²) in [6.07, 6.45) is 6.23. The van der Waals surface area contributed by atoms with Gasteiger partial charge in [0.25, 0.3) is 0 Å². The lowest BCUT2D eigenvalue weighted by atomic mass is 9.81. The molecule has 26 heavy (non-hydrogen) atoms. The smallest absolute Gasteiger partial charge is 0.160 e. The summed E-state index contributed by atoms with van der Waals surface area (Å²) in [4.78, 5) is 2.54. The van der Waals surface area contributed by atoms with E-state index in [1.165, 1.54) is 36.8 Å². The van der Waals surface area contributed by atoms with Crippen LogP contribution in [0.4, 0.5) is 0 Å². The molecule has 0 bridgehead atoms. The largest absolute Gasteiger partial charge is 0.493 e. The number of likely N-dealkylation sites (N-methyl/N-ethyl adjacent to an activating group) is 1. The molecule has 0 aromatic heterocycles. The fourth-order valence-corrected chi connectivity index (χ4v) is 4.10. The summed E-state index contributed by atoms with van der Waals surface area (Å²) in [5.74, 6) is 2.35. The second kappa shape index (κ2) is 9.09. The van der Waals surface area contributed by atoms with Crippen molar-refractivity contribution in [2.24, 2.45) is 0 Å². The first-order chi connectivity index (χ1) is 12.7. The Morgan fingerprint density at radius 2 is 1.58 bits per heavy atom. The minimum Gasteiger partial charge on any atom is -0.493 e. The Labute approximate surface area is 157 Å². The van der Waals surface area contributed by atoms with Crippen LogP contribution in [-0.4, -0.2) is 38.8 Å². The van der Waals surface area contributed by atoms with Gasteiger partial charge in [-0.25, -0.2) is 0 Å². The molecular weight excluding hydrogens is 322 g/mol. The minimum absolute atomic E-state index is 0.704. The lowest BCUT2D eigenvalue weighted by Gasteiger charge is -2.35. The molecule has 1 saturated carbocycles. The molecule has 1 aliphatic rings. The molecule has 3 nitrogen and oxygen atoms in total. The number of benzene rings is 2. The highest BCUT2D eigenvalue weighted by molar-refractivity contribution is 5.42. The van der Waals surface area contributed by atoms with E-state index < -0.39 is 0 Å². The van der Waals surface area contributed by atoms with E-state index in [9.17, 15) is 0 Å². The standard InChI is InChI=1S/C23H31NO2/c1-24(16-15-18-9-14-22(25-2)23(17-18)26-3)21-12-10-20(11-13-21)19-7-5-4-6-8-19/h4-9,14,17,20-21H,10-13,15-16H2,1-3H3. The van der Waals surface area contributed by atoms with Crippen LogP contribution in [0.5, 0.6) is 11.5 Å². The quantitative estimate of drug-likeness (QED) is 0.706. The maximum absolute atomic E-state index is 5.42. The predicted octanol–water partition coefficient (Wildman–Crippen LogP) is 4.90. The zero-order chi connectivity index (χ0) is 18.4. The summed E-state index contributed by atoms with van der Waals surface area (Å²) < 4.78 is 10.7. The average molecular weight is 354 g/mol. The summed E-state index contributed by atoms with van der Waals surface area (Å²) in [5, 5.41) is 0. The zero-order valence-corrected chi connectivity index (χ0v) is 16.3. The topological polar surface area (TPSA) is 21.7 Å². The van der Waals surface area contributed by atoms with Crippen LogP contribution in [0.1, 0.15) is 42.7 Å². The van der Waals surface area contributed by atoms with Crippen molar-refractivity contribution in [3.05, 3.63) is 59.7 Å². The highest BCUT2D eigenvalue weighted by Crippen LogP contribution is 2.34. The number of methoxy groups -OCH3 is 2. The van der Waals surface area contributed by atoms with Crippen molar-refractivity contribution in [1.29, 1.82) is 0 Å². The van der Waals surface area contributed by atoms with Gasteiger partial charge in [-0.2, -0.15) is 0 Å². The van der Waals surface area contributed by atoms with Crippen molar-refractivity contribution >= 4 is 0 Å². The monoisotopic (exact) mass is 353 g/mol. The summed E-state index contributed by atoms with van der Waals surface area (Å²) >= 11 is 0. The molecule has 0 unspecified atom stereocenters. The molecule has 0 N–H and O–H groups in total. The molecule has 2 aromatic carbocycles. The second-order valence-electron chi connectivity index (χ2n) is 7.34. The van der Waals surface area contributed by atoms with Gasteiger partial charge in [-0.1, -0.05) is 36.4 Å². The lowest BCUT2D eigenvalue weighted by molar-refractivity contribution is 0.184. The van der Waals surface area contributed by atoms with Gasteiger partial charge in [-0.05, 0) is 68.3 Å². The summed E-state index contributed by atoms with van der Waals surface area (Å²) in [5.41, 5.74) is 2.81. The Hall–Kier alpha value is -2.00. The van der Waals surface area contributed by atoms with E-state index in [0.717, 1.165) is 30.4 Å². The molecule has 1 fully saturated rings. The van der Waals surface area contributed by atoms with E-state index in [-0.39, 0.29) is 0 Å². The Morgan fingerprint density at radius 1 is 0.885 bits per heavy atom. The second-order valence-corrected chi connectivity index (χ2v) is 7.34. The number of rotatable bonds is 7. The SMILES string of the molecule is COc1ccc(CCN(C)C2CCC(c3ccccc3)CC2)cc1OC. The van der Waals surface area contributed by atoms with Gasteiger partial charge in [0.15, 0.2) is 11.5 Å². The van der Waals surface area contributed by atoms with Crippen molar-refractivity contribution in [3.8, 4) is 11.5 Å². The third-order valence-electron chi connectivity index (χ3n) is 5.79. The number of ether oxygens (including phenoxy) is 2. The lowest BCUT2D eigenvalue weighted by Crippen LogP contribution is -2.36. The Morgan fingerprint density at radius 3 is 2.23 bits per heavy atom. The molecular formula is C23H31NO2. The molecule has 140 valence electrons. The van der Waals surface area contributed by atoms with Gasteiger partial charge in [-0.15, -0.1) is 0 Å². The van der Waals surface area contributed by atoms with Crippen LogP contribution >= 0.6 is 0 Å². The van der Waals surface area contributed by atoms with Gasteiger partial charge in [0.1, 0.15) is 0 Å². The van der Waals surface area contributed by atoms with E-state index in [4.69, 9.17) is 9.47 Å². The maximum atomic E-state index is 5.42. The molecule has 1 aliphatic carbocycles. The van der Waals surface area contributed by atoms with Crippen LogP contribution in [-0.2, 0) is 6.42 Å². The Balaban J connectivity index is 1.49.